The van der Waals surface area contributed by atoms with Gasteiger partial charge in [0.05, 0.1) is 12.2 Å². The zero-order chi connectivity index (χ0) is 18.7. The van der Waals surface area contributed by atoms with E-state index in [1.165, 1.54) is 6.08 Å². The number of hydrogen-bond donors (Lipinski definition) is 3. The minimum absolute atomic E-state index is 0.0729. The summed E-state index contributed by atoms with van der Waals surface area (Å²) in [6.45, 7) is 2.13. The van der Waals surface area contributed by atoms with Gasteiger partial charge in [0.25, 0.3) is 0 Å². The molecule has 25 heavy (non-hydrogen) atoms. The van der Waals surface area contributed by atoms with Crippen molar-refractivity contribution >= 4 is 11.8 Å². The number of allylic oxidation sites excluding steroid dienone is 3. The van der Waals surface area contributed by atoms with E-state index in [4.69, 9.17) is 5.11 Å². The van der Waals surface area contributed by atoms with Crippen LogP contribution in [0.15, 0.2) is 24.3 Å². The Morgan fingerprint density at radius 3 is 2.68 bits per heavy atom. The molecule has 1 aliphatic rings. The van der Waals surface area contributed by atoms with Crippen molar-refractivity contribution in [1.29, 1.82) is 0 Å². The maximum Gasteiger partial charge on any atom is 0.328 e. The van der Waals surface area contributed by atoms with Crippen LogP contribution < -0.4 is 0 Å². The first-order valence-electron chi connectivity index (χ1n) is 9.40. The molecule has 0 bridgehead atoms. The summed E-state index contributed by atoms with van der Waals surface area (Å²) < 4.78 is 0. The van der Waals surface area contributed by atoms with E-state index in [0.29, 0.717) is 25.7 Å². The Morgan fingerprint density at radius 2 is 2.00 bits per heavy atom. The van der Waals surface area contributed by atoms with E-state index >= 15 is 0 Å². The fourth-order valence-corrected chi connectivity index (χ4v) is 3.53. The molecule has 5 heteroatoms. The highest BCUT2D eigenvalue weighted by molar-refractivity contribution is 5.84. The van der Waals surface area contributed by atoms with Crippen LogP contribution in [0.5, 0.6) is 0 Å². The molecule has 1 aliphatic carbocycles. The average Bonchev–Trinajstić information content (AvgIpc) is 2.82. The van der Waals surface area contributed by atoms with Gasteiger partial charge in [0.2, 0.25) is 0 Å². The third-order valence-corrected chi connectivity index (χ3v) is 4.94. The molecule has 3 N–H and O–H groups in total. The van der Waals surface area contributed by atoms with Crippen LogP contribution in [0.4, 0.5) is 0 Å². The average molecular weight is 352 g/mol. The molecule has 0 aromatic heterocycles. The molecule has 0 amide bonds. The van der Waals surface area contributed by atoms with Crippen LogP contribution in [0.2, 0.25) is 0 Å². The quantitative estimate of drug-likeness (QED) is 0.285. The Labute approximate surface area is 150 Å². The lowest BCUT2D eigenvalue weighted by atomic mass is 9.85. The lowest BCUT2D eigenvalue weighted by molar-refractivity contribution is -0.131. The van der Waals surface area contributed by atoms with Crippen molar-refractivity contribution in [2.75, 3.05) is 0 Å². The van der Waals surface area contributed by atoms with Crippen molar-refractivity contribution < 1.29 is 24.9 Å². The van der Waals surface area contributed by atoms with E-state index in [1.807, 2.05) is 6.08 Å². The van der Waals surface area contributed by atoms with E-state index in [-0.39, 0.29) is 30.1 Å². The van der Waals surface area contributed by atoms with Crippen LogP contribution in [-0.2, 0) is 9.59 Å². The molecule has 4 atom stereocenters. The van der Waals surface area contributed by atoms with E-state index in [9.17, 15) is 19.8 Å². The molecular formula is C20H32O5. The Morgan fingerprint density at radius 1 is 1.24 bits per heavy atom. The first kappa shape index (κ1) is 21.6. The summed E-state index contributed by atoms with van der Waals surface area (Å²) in [7, 11) is 0. The molecule has 142 valence electrons. The van der Waals surface area contributed by atoms with Crippen molar-refractivity contribution in [3.8, 4) is 0 Å². The van der Waals surface area contributed by atoms with Gasteiger partial charge in [-0.15, -0.1) is 0 Å². The van der Waals surface area contributed by atoms with Crippen LogP contribution in [0.1, 0.15) is 64.7 Å². The maximum absolute atomic E-state index is 12.1. The van der Waals surface area contributed by atoms with Crippen molar-refractivity contribution in [3.05, 3.63) is 24.3 Å². The number of hydrogen-bond acceptors (Lipinski definition) is 4. The summed E-state index contributed by atoms with van der Waals surface area (Å²) in [6, 6.07) is 0. The van der Waals surface area contributed by atoms with Gasteiger partial charge < -0.3 is 15.3 Å². The summed E-state index contributed by atoms with van der Waals surface area (Å²) in [6.07, 6.45) is 12.0. The highest BCUT2D eigenvalue weighted by atomic mass is 16.4. The molecule has 1 rings (SSSR count). The molecule has 0 spiro atoms. The second-order valence-electron chi connectivity index (χ2n) is 6.94. The minimum atomic E-state index is -0.990. The number of aliphatic carboxylic acids is 1. The van der Waals surface area contributed by atoms with Gasteiger partial charge in [-0.3, -0.25) is 4.79 Å². The second kappa shape index (κ2) is 12.0. The van der Waals surface area contributed by atoms with Gasteiger partial charge in [0.15, 0.2) is 0 Å². The van der Waals surface area contributed by atoms with Gasteiger partial charge in [-0.1, -0.05) is 44.4 Å². The highest BCUT2D eigenvalue weighted by Gasteiger charge is 2.40. The van der Waals surface area contributed by atoms with Gasteiger partial charge in [-0.25, -0.2) is 4.79 Å². The van der Waals surface area contributed by atoms with Crippen molar-refractivity contribution in [2.24, 2.45) is 11.8 Å². The van der Waals surface area contributed by atoms with Gasteiger partial charge in [-0.2, -0.15) is 0 Å². The number of carboxylic acid groups (broad SMARTS) is 1. The number of carboxylic acids is 1. The Bertz CT molecular complexity index is 469. The Balaban J connectivity index is 2.42. The van der Waals surface area contributed by atoms with Crippen LogP contribution in [-0.4, -0.2) is 39.3 Å². The summed E-state index contributed by atoms with van der Waals surface area (Å²) >= 11 is 0. The molecule has 0 heterocycles. The predicted molar refractivity (Wildman–Crippen MR) is 97.1 cm³/mol. The molecule has 0 saturated heterocycles. The summed E-state index contributed by atoms with van der Waals surface area (Å²) in [5, 5.41) is 28.7. The van der Waals surface area contributed by atoms with E-state index in [0.717, 1.165) is 31.8 Å². The molecule has 1 unspecified atom stereocenters. The molecular weight excluding hydrogens is 320 g/mol. The fraction of sp³-hybridized carbons (Fsp3) is 0.700. The normalized spacial score (nSPS) is 25.2. The number of ketones is 1. The number of carbonyl (C=O) groups excluding carboxylic acids is 1. The number of aliphatic hydroxyl groups is 2. The van der Waals surface area contributed by atoms with E-state index in [1.54, 1.807) is 6.08 Å². The third kappa shape index (κ3) is 8.45. The number of carbonyl (C=O) groups is 2. The molecule has 1 fully saturated rings. The summed E-state index contributed by atoms with van der Waals surface area (Å²) in [5.41, 5.74) is 0. The van der Waals surface area contributed by atoms with Crippen LogP contribution in [0.3, 0.4) is 0 Å². The van der Waals surface area contributed by atoms with Crippen molar-refractivity contribution in [1.82, 2.24) is 0 Å². The fourth-order valence-electron chi connectivity index (χ4n) is 3.53. The largest absolute Gasteiger partial charge is 0.478 e. The lowest BCUT2D eigenvalue weighted by Crippen LogP contribution is -2.22. The maximum atomic E-state index is 12.1. The topological polar surface area (TPSA) is 94.8 Å². The smallest absolute Gasteiger partial charge is 0.328 e. The number of rotatable bonds is 12. The van der Waals surface area contributed by atoms with Crippen molar-refractivity contribution in [2.45, 2.75) is 76.9 Å². The lowest BCUT2D eigenvalue weighted by Gasteiger charge is -2.22. The highest BCUT2D eigenvalue weighted by Crippen LogP contribution is 2.36. The first-order chi connectivity index (χ1) is 12.0. The molecule has 1 saturated carbocycles. The van der Waals surface area contributed by atoms with E-state index in [2.05, 4.69) is 6.92 Å². The molecule has 0 aromatic rings. The molecule has 0 aliphatic heterocycles. The molecule has 0 aromatic carbocycles. The number of unbranched alkanes of at least 4 members (excludes halogenated alkanes) is 2. The Kier molecular flexibility index (Phi) is 10.3. The predicted octanol–water partition coefficient (Wildman–Crippen LogP) is 3.25. The Hall–Kier alpha value is -1.46. The monoisotopic (exact) mass is 352 g/mol. The third-order valence-electron chi connectivity index (χ3n) is 4.94. The molecule has 0 radical (unpaired) electrons. The first-order valence-corrected chi connectivity index (χ1v) is 9.40. The number of Topliss-reactive ketones (excluding diaryl/α,β-unsaturated/α-hetero) is 1. The van der Waals surface area contributed by atoms with Crippen LogP contribution >= 0.6 is 0 Å². The van der Waals surface area contributed by atoms with Gasteiger partial charge in [0.1, 0.15) is 5.78 Å². The zero-order valence-electron chi connectivity index (χ0n) is 15.1. The zero-order valence-corrected chi connectivity index (χ0v) is 15.1. The standard InChI is InChI=1S/C20H32O5/c1-2-3-6-9-15(21)12-13-17-16(18(22)14-19(17)23)10-7-4-5-8-11-20(24)25/h4-5,8,11,15-17,19,21,23H,2-3,6-7,9-10,12-14H2,1H3,(H,24,25)/b5-4-,11-8+/t15?,16-,17-,19-/m1/s1. The van der Waals surface area contributed by atoms with E-state index < -0.39 is 12.1 Å². The van der Waals surface area contributed by atoms with Gasteiger partial charge in [-0.05, 0) is 38.0 Å². The van der Waals surface area contributed by atoms with Crippen LogP contribution in [0, 0.1) is 11.8 Å². The van der Waals surface area contributed by atoms with Gasteiger partial charge >= 0.3 is 5.97 Å². The SMILES string of the molecule is CCCCCC(O)CC[C@H]1[C@H](O)CC(=O)[C@@H]1CC/C=C\C=C\C(=O)O. The van der Waals surface area contributed by atoms with Crippen molar-refractivity contribution in [3.63, 3.8) is 0 Å². The summed E-state index contributed by atoms with van der Waals surface area (Å²) in [5.74, 6) is -1.12. The van der Waals surface area contributed by atoms with Gasteiger partial charge in [0, 0.05) is 18.4 Å². The molecule has 5 nitrogen and oxygen atoms in total. The second-order valence-corrected chi connectivity index (χ2v) is 6.94. The minimum Gasteiger partial charge on any atom is -0.478 e. The number of aliphatic hydroxyl groups excluding tert-OH is 2. The van der Waals surface area contributed by atoms with Crippen LogP contribution in [0.25, 0.3) is 0 Å². The summed E-state index contributed by atoms with van der Waals surface area (Å²) in [4.78, 5) is 22.5.